The average molecular weight is 271 g/mol. The number of halogens is 1. The van der Waals surface area contributed by atoms with Crippen LogP contribution >= 0.6 is 15.9 Å². The zero-order valence-corrected chi connectivity index (χ0v) is 10.8. The van der Waals surface area contributed by atoms with Gasteiger partial charge in [0.05, 0.1) is 4.47 Å². The van der Waals surface area contributed by atoms with E-state index in [2.05, 4.69) is 15.9 Å². The van der Waals surface area contributed by atoms with Crippen LogP contribution in [0.4, 0.5) is 0 Å². The second kappa shape index (κ2) is 4.79. The van der Waals surface area contributed by atoms with Crippen molar-refractivity contribution in [2.45, 2.75) is 32.8 Å². The molecular formula is C12H15BrO2. The van der Waals surface area contributed by atoms with Gasteiger partial charge in [-0.15, -0.1) is 0 Å². The van der Waals surface area contributed by atoms with Gasteiger partial charge in [0.25, 0.3) is 0 Å². The summed E-state index contributed by atoms with van der Waals surface area (Å²) in [7, 11) is 0. The third-order valence-electron chi connectivity index (χ3n) is 1.90. The monoisotopic (exact) mass is 270 g/mol. The Morgan fingerprint density at radius 1 is 1.40 bits per heavy atom. The van der Waals surface area contributed by atoms with E-state index >= 15 is 0 Å². The number of benzene rings is 1. The molecule has 1 aromatic carbocycles. The SMILES string of the molecule is CC(=O)CC(C)(C)Oc1ccccc1Br. The molecule has 1 rings (SSSR count). The minimum atomic E-state index is -0.463. The van der Waals surface area contributed by atoms with Gasteiger partial charge >= 0.3 is 0 Å². The molecule has 0 bridgehead atoms. The molecule has 0 saturated carbocycles. The molecule has 0 heterocycles. The van der Waals surface area contributed by atoms with Crippen molar-refractivity contribution in [2.24, 2.45) is 0 Å². The largest absolute Gasteiger partial charge is 0.486 e. The first-order chi connectivity index (χ1) is 6.91. The molecule has 0 amide bonds. The first-order valence-electron chi connectivity index (χ1n) is 4.84. The lowest BCUT2D eigenvalue weighted by Crippen LogP contribution is -2.30. The summed E-state index contributed by atoms with van der Waals surface area (Å²) in [5.41, 5.74) is -0.463. The summed E-state index contributed by atoms with van der Waals surface area (Å²) in [5.74, 6) is 0.899. The van der Waals surface area contributed by atoms with Gasteiger partial charge in [0.1, 0.15) is 17.1 Å². The molecule has 82 valence electrons. The Labute approximate surface area is 98.8 Å². The number of carbonyl (C=O) groups is 1. The summed E-state index contributed by atoms with van der Waals surface area (Å²) in [6.45, 7) is 5.40. The molecule has 0 radical (unpaired) electrons. The van der Waals surface area contributed by atoms with Crippen LogP contribution in [-0.4, -0.2) is 11.4 Å². The van der Waals surface area contributed by atoms with E-state index in [1.807, 2.05) is 38.1 Å². The van der Waals surface area contributed by atoms with Gasteiger partial charge in [0.2, 0.25) is 0 Å². The first kappa shape index (κ1) is 12.2. The molecule has 0 aliphatic rings. The van der Waals surface area contributed by atoms with Crippen molar-refractivity contribution in [2.75, 3.05) is 0 Å². The van der Waals surface area contributed by atoms with Crippen LogP contribution in [0.3, 0.4) is 0 Å². The number of ketones is 1. The quantitative estimate of drug-likeness (QED) is 0.836. The van der Waals surface area contributed by atoms with Gasteiger partial charge in [-0.25, -0.2) is 0 Å². The maximum absolute atomic E-state index is 11.0. The summed E-state index contributed by atoms with van der Waals surface area (Å²) in [4.78, 5) is 11.0. The normalized spacial score (nSPS) is 11.2. The minimum Gasteiger partial charge on any atom is -0.486 e. The van der Waals surface area contributed by atoms with Crippen LogP contribution in [0.5, 0.6) is 5.75 Å². The lowest BCUT2D eigenvalue weighted by molar-refractivity contribution is -0.120. The Hall–Kier alpha value is -0.830. The van der Waals surface area contributed by atoms with E-state index in [0.29, 0.717) is 6.42 Å². The van der Waals surface area contributed by atoms with Crippen LogP contribution in [-0.2, 0) is 4.79 Å². The highest BCUT2D eigenvalue weighted by Crippen LogP contribution is 2.28. The third-order valence-corrected chi connectivity index (χ3v) is 2.55. The topological polar surface area (TPSA) is 26.3 Å². The number of carbonyl (C=O) groups excluding carboxylic acids is 1. The molecule has 0 unspecified atom stereocenters. The fraction of sp³-hybridized carbons (Fsp3) is 0.417. The summed E-state index contributed by atoms with van der Waals surface area (Å²) in [5, 5.41) is 0. The third kappa shape index (κ3) is 4.04. The van der Waals surface area contributed by atoms with Gasteiger partial charge < -0.3 is 4.74 Å². The minimum absolute atomic E-state index is 0.132. The number of hydrogen-bond donors (Lipinski definition) is 0. The van der Waals surface area contributed by atoms with Crippen molar-refractivity contribution in [3.8, 4) is 5.75 Å². The highest BCUT2D eigenvalue weighted by molar-refractivity contribution is 9.10. The van der Waals surface area contributed by atoms with Crippen molar-refractivity contribution in [1.82, 2.24) is 0 Å². The van der Waals surface area contributed by atoms with E-state index in [1.54, 1.807) is 6.92 Å². The van der Waals surface area contributed by atoms with Crippen molar-refractivity contribution in [3.63, 3.8) is 0 Å². The van der Waals surface area contributed by atoms with Gasteiger partial charge in [-0.2, -0.15) is 0 Å². The molecule has 0 fully saturated rings. The second-order valence-corrected chi connectivity index (χ2v) is 5.03. The predicted molar refractivity (Wildman–Crippen MR) is 64.1 cm³/mol. The van der Waals surface area contributed by atoms with Crippen molar-refractivity contribution in [3.05, 3.63) is 28.7 Å². The summed E-state index contributed by atoms with van der Waals surface area (Å²) < 4.78 is 6.68. The highest BCUT2D eigenvalue weighted by Gasteiger charge is 2.22. The van der Waals surface area contributed by atoms with Gasteiger partial charge in [-0.05, 0) is 48.8 Å². The highest BCUT2D eigenvalue weighted by atomic mass is 79.9. The van der Waals surface area contributed by atoms with E-state index in [-0.39, 0.29) is 5.78 Å². The number of rotatable bonds is 4. The number of ether oxygens (including phenoxy) is 1. The van der Waals surface area contributed by atoms with Crippen LogP contribution < -0.4 is 4.74 Å². The molecule has 0 aliphatic heterocycles. The average Bonchev–Trinajstić information content (AvgIpc) is 2.06. The van der Waals surface area contributed by atoms with Crippen LogP contribution in [0.2, 0.25) is 0 Å². The molecule has 0 aromatic heterocycles. The number of Topliss-reactive ketones (excluding diaryl/α,β-unsaturated/α-hetero) is 1. The molecule has 2 nitrogen and oxygen atoms in total. The van der Waals surface area contributed by atoms with E-state index in [1.165, 1.54) is 0 Å². The zero-order valence-electron chi connectivity index (χ0n) is 9.21. The lowest BCUT2D eigenvalue weighted by atomic mass is 10.0. The molecule has 15 heavy (non-hydrogen) atoms. The lowest BCUT2D eigenvalue weighted by Gasteiger charge is -2.25. The predicted octanol–water partition coefficient (Wildman–Crippen LogP) is 3.59. The maximum Gasteiger partial charge on any atom is 0.134 e. The first-order valence-corrected chi connectivity index (χ1v) is 5.63. The van der Waals surface area contributed by atoms with E-state index in [0.717, 1.165) is 10.2 Å². The van der Waals surface area contributed by atoms with Gasteiger partial charge in [0.15, 0.2) is 0 Å². The summed E-state index contributed by atoms with van der Waals surface area (Å²) >= 11 is 3.41. The Balaban J connectivity index is 2.77. The van der Waals surface area contributed by atoms with Crippen LogP contribution in [0.15, 0.2) is 28.7 Å². The Morgan fingerprint density at radius 3 is 2.53 bits per heavy atom. The number of para-hydroxylation sites is 1. The van der Waals surface area contributed by atoms with E-state index in [4.69, 9.17) is 4.74 Å². The van der Waals surface area contributed by atoms with Crippen molar-refractivity contribution < 1.29 is 9.53 Å². The number of hydrogen-bond acceptors (Lipinski definition) is 2. The standard InChI is InChI=1S/C12H15BrO2/c1-9(14)8-12(2,3)15-11-7-5-4-6-10(11)13/h4-7H,8H2,1-3H3. The van der Waals surface area contributed by atoms with Gasteiger partial charge in [-0.1, -0.05) is 12.1 Å². The molecule has 3 heteroatoms. The molecule has 1 aromatic rings. The van der Waals surface area contributed by atoms with E-state index < -0.39 is 5.60 Å². The molecule has 0 atom stereocenters. The molecule has 0 spiro atoms. The summed E-state index contributed by atoms with van der Waals surface area (Å²) in [6, 6.07) is 7.63. The Kier molecular flexibility index (Phi) is 3.91. The fourth-order valence-corrected chi connectivity index (χ4v) is 1.83. The van der Waals surface area contributed by atoms with E-state index in [9.17, 15) is 4.79 Å². The van der Waals surface area contributed by atoms with Gasteiger partial charge in [0, 0.05) is 6.42 Å². The van der Waals surface area contributed by atoms with Crippen LogP contribution in [0.25, 0.3) is 0 Å². The van der Waals surface area contributed by atoms with Crippen LogP contribution in [0, 0.1) is 0 Å². The smallest absolute Gasteiger partial charge is 0.134 e. The fourth-order valence-electron chi connectivity index (χ4n) is 1.46. The van der Waals surface area contributed by atoms with Crippen LogP contribution in [0.1, 0.15) is 27.2 Å². The molecule has 0 saturated heterocycles. The second-order valence-electron chi connectivity index (χ2n) is 4.17. The Morgan fingerprint density at radius 2 is 2.00 bits per heavy atom. The maximum atomic E-state index is 11.0. The summed E-state index contributed by atoms with van der Waals surface area (Å²) in [6.07, 6.45) is 0.411. The molecule has 0 N–H and O–H groups in total. The van der Waals surface area contributed by atoms with Crippen molar-refractivity contribution >= 4 is 21.7 Å². The zero-order chi connectivity index (χ0) is 11.5. The van der Waals surface area contributed by atoms with Crippen molar-refractivity contribution in [1.29, 1.82) is 0 Å². The Bertz CT molecular complexity index is 358. The molecular weight excluding hydrogens is 256 g/mol. The molecule has 0 aliphatic carbocycles. The van der Waals surface area contributed by atoms with Gasteiger partial charge in [-0.3, -0.25) is 4.79 Å².